The van der Waals surface area contributed by atoms with Crippen LogP contribution in [0.4, 0.5) is 0 Å². The second-order valence-electron chi connectivity index (χ2n) is 5.88. The SMILES string of the molecule is CSc1ccc(S(=O)(=O)N2CCCC2)cc1C(=O)N1CCOCC1. The molecule has 2 aliphatic rings. The van der Waals surface area contributed by atoms with Crippen LogP contribution in [0.5, 0.6) is 0 Å². The monoisotopic (exact) mass is 370 g/mol. The fourth-order valence-corrected chi connectivity index (χ4v) is 5.14. The highest BCUT2D eigenvalue weighted by molar-refractivity contribution is 7.98. The van der Waals surface area contributed by atoms with Gasteiger partial charge in [0.2, 0.25) is 10.0 Å². The largest absolute Gasteiger partial charge is 0.378 e. The van der Waals surface area contributed by atoms with Crippen LogP contribution in [-0.4, -0.2) is 69.2 Å². The van der Waals surface area contributed by atoms with Crippen LogP contribution in [0.1, 0.15) is 23.2 Å². The first-order valence-corrected chi connectivity index (χ1v) is 10.8. The fourth-order valence-electron chi connectivity index (χ4n) is 3.03. The van der Waals surface area contributed by atoms with E-state index in [4.69, 9.17) is 4.74 Å². The van der Waals surface area contributed by atoms with Crippen LogP contribution in [0.15, 0.2) is 28.0 Å². The minimum absolute atomic E-state index is 0.124. The first-order valence-electron chi connectivity index (χ1n) is 8.09. The number of rotatable bonds is 4. The molecular weight excluding hydrogens is 348 g/mol. The molecule has 0 N–H and O–H groups in total. The van der Waals surface area contributed by atoms with E-state index in [0.717, 1.165) is 17.7 Å². The Hall–Kier alpha value is -1.09. The minimum Gasteiger partial charge on any atom is -0.378 e. The number of sulfonamides is 1. The number of ether oxygens (including phenoxy) is 1. The summed E-state index contributed by atoms with van der Waals surface area (Å²) in [6, 6.07) is 4.88. The van der Waals surface area contributed by atoms with E-state index in [2.05, 4.69) is 0 Å². The molecule has 24 heavy (non-hydrogen) atoms. The summed E-state index contributed by atoms with van der Waals surface area (Å²) in [5.41, 5.74) is 0.463. The van der Waals surface area contributed by atoms with Crippen molar-refractivity contribution < 1.29 is 17.9 Å². The molecule has 1 aromatic rings. The molecule has 2 aliphatic heterocycles. The summed E-state index contributed by atoms with van der Waals surface area (Å²) in [5.74, 6) is -0.124. The topological polar surface area (TPSA) is 66.9 Å². The van der Waals surface area contributed by atoms with Gasteiger partial charge in [-0.3, -0.25) is 4.79 Å². The van der Waals surface area contributed by atoms with Crippen molar-refractivity contribution in [3.63, 3.8) is 0 Å². The van der Waals surface area contributed by atoms with E-state index in [9.17, 15) is 13.2 Å². The summed E-state index contributed by atoms with van der Waals surface area (Å²) < 4.78 is 32.3. The van der Waals surface area contributed by atoms with E-state index in [1.54, 1.807) is 17.0 Å². The maximum atomic E-state index is 12.8. The summed E-state index contributed by atoms with van der Waals surface area (Å²) >= 11 is 1.45. The summed E-state index contributed by atoms with van der Waals surface area (Å²) in [6.07, 6.45) is 3.67. The van der Waals surface area contributed by atoms with Gasteiger partial charge < -0.3 is 9.64 Å². The van der Waals surface area contributed by atoms with Gasteiger partial charge in [0, 0.05) is 31.1 Å². The Morgan fingerprint density at radius 1 is 1.12 bits per heavy atom. The lowest BCUT2D eigenvalue weighted by Gasteiger charge is -2.27. The Labute approximate surface area is 147 Å². The lowest BCUT2D eigenvalue weighted by Crippen LogP contribution is -2.41. The van der Waals surface area contributed by atoms with Gasteiger partial charge in [0.1, 0.15) is 0 Å². The summed E-state index contributed by atoms with van der Waals surface area (Å²) in [7, 11) is -3.52. The molecule has 1 aromatic carbocycles. The van der Waals surface area contributed by atoms with Gasteiger partial charge in [-0.25, -0.2) is 8.42 Å². The van der Waals surface area contributed by atoms with Gasteiger partial charge in [0.25, 0.3) is 5.91 Å². The van der Waals surface area contributed by atoms with Gasteiger partial charge in [-0.2, -0.15) is 4.31 Å². The lowest BCUT2D eigenvalue weighted by molar-refractivity contribution is 0.0300. The first-order chi connectivity index (χ1) is 11.5. The van der Waals surface area contributed by atoms with Crippen LogP contribution in [0.25, 0.3) is 0 Å². The highest BCUT2D eigenvalue weighted by Crippen LogP contribution is 2.28. The zero-order valence-electron chi connectivity index (χ0n) is 13.7. The van der Waals surface area contributed by atoms with E-state index in [0.29, 0.717) is 45.0 Å². The van der Waals surface area contributed by atoms with Crippen LogP contribution in [0.3, 0.4) is 0 Å². The number of thioether (sulfide) groups is 1. The predicted molar refractivity (Wildman–Crippen MR) is 92.9 cm³/mol. The molecule has 3 rings (SSSR count). The van der Waals surface area contributed by atoms with Crippen molar-refractivity contribution in [3.8, 4) is 0 Å². The molecule has 0 spiro atoms. The molecule has 0 aromatic heterocycles. The minimum atomic E-state index is -3.52. The fraction of sp³-hybridized carbons (Fsp3) is 0.562. The molecule has 1 amide bonds. The first kappa shape index (κ1) is 17.7. The predicted octanol–water partition coefficient (Wildman–Crippen LogP) is 1.67. The Balaban J connectivity index is 1.94. The summed E-state index contributed by atoms with van der Waals surface area (Å²) in [5, 5.41) is 0. The molecule has 2 heterocycles. The molecule has 0 unspecified atom stereocenters. The van der Waals surface area contributed by atoms with Crippen molar-refractivity contribution in [1.82, 2.24) is 9.21 Å². The quantitative estimate of drug-likeness (QED) is 0.754. The number of hydrogen-bond acceptors (Lipinski definition) is 5. The summed E-state index contributed by atoms with van der Waals surface area (Å²) in [4.78, 5) is 15.6. The van der Waals surface area contributed by atoms with Crippen LogP contribution in [-0.2, 0) is 14.8 Å². The van der Waals surface area contributed by atoms with Crippen molar-refractivity contribution >= 4 is 27.7 Å². The zero-order valence-corrected chi connectivity index (χ0v) is 15.4. The van der Waals surface area contributed by atoms with Crippen molar-refractivity contribution in [2.45, 2.75) is 22.6 Å². The molecule has 2 fully saturated rings. The number of hydrogen-bond donors (Lipinski definition) is 0. The van der Waals surface area contributed by atoms with E-state index >= 15 is 0 Å². The second kappa shape index (κ2) is 7.43. The average Bonchev–Trinajstić information content (AvgIpc) is 3.17. The highest BCUT2D eigenvalue weighted by atomic mass is 32.2. The van der Waals surface area contributed by atoms with E-state index in [1.807, 2.05) is 6.26 Å². The third-order valence-electron chi connectivity index (χ3n) is 4.40. The Morgan fingerprint density at radius 3 is 2.42 bits per heavy atom. The van der Waals surface area contributed by atoms with Crippen molar-refractivity contribution in [2.75, 3.05) is 45.6 Å². The third-order valence-corrected chi connectivity index (χ3v) is 7.09. The number of carbonyl (C=O) groups excluding carboxylic acids is 1. The van der Waals surface area contributed by atoms with Gasteiger partial charge >= 0.3 is 0 Å². The Kier molecular flexibility index (Phi) is 5.49. The molecule has 6 nitrogen and oxygen atoms in total. The number of benzene rings is 1. The van der Waals surface area contributed by atoms with E-state index < -0.39 is 10.0 Å². The molecule has 8 heteroatoms. The number of morpholine rings is 1. The Morgan fingerprint density at radius 2 is 1.79 bits per heavy atom. The van der Waals surface area contributed by atoms with Gasteiger partial charge in [0.15, 0.2) is 0 Å². The van der Waals surface area contributed by atoms with Crippen LogP contribution < -0.4 is 0 Å². The van der Waals surface area contributed by atoms with Crippen molar-refractivity contribution in [2.24, 2.45) is 0 Å². The molecule has 132 valence electrons. The number of amides is 1. The van der Waals surface area contributed by atoms with Gasteiger partial charge in [-0.15, -0.1) is 11.8 Å². The molecule has 0 bridgehead atoms. The maximum Gasteiger partial charge on any atom is 0.255 e. The van der Waals surface area contributed by atoms with Crippen LogP contribution >= 0.6 is 11.8 Å². The van der Waals surface area contributed by atoms with Crippen molar-refractivity contribution in [1.29, 1.82) is 0 Å². The smallest absolute Gasteiger partial charge is 0.255 e. The molecular formula is C16H22N2O4S2. The van der Waals surface area contributed by atoms with E-state index in [-0.39, 0.29) is 10.8 Å². The average molecular weight is 370 g/mol. The lowest BCUT2D eigenvalue weighted by atomic mass is 10.2. The Bertz CT molecular complexity index is 709. The van der Waals surface area contributed by atoms with Gasteiger partial charge in [-0.1, -0.05) is 0 Å². The zero-order chi connectivity index (χ0) is 17.2. The van der Waals surface area contributed by atoms with Crippen molar-refractivity contribution in [3.05, 3.63) is 23.8 Å². The number of carbonyl (C=O) groups is 1. The van der Waals surface area contributed by atoms with Crippen LogP contribution in [0.2, 0.25) is 0 Å². The third kappa shape index (κ3) is 3.46. The normalized spacial score (nSPS) is 19.6. The molecule has 0 aliphatic carbocycles. The standard InChI is InChI=1S/C16H22N2O4S2/c1-23-15-5-4-13(24(20,21)18-6-2-3-7-18)12-14(15)16(19)17-8-10-22-11-9-17/h4-5,12H,2-3,6-11H2,1H3. The van der Waals surface area contributed by atoms with Crippen LogP contribution in [0, 0.1) is 0 Å². The highest BCUT2D eigenvalue weighted by Gasteiger charge is 2.29. The summed E-state index contributed by atoms with van der Waals surface area (Å²) in [6.45, 7) is 3.22. The van der Waals surface area contributed by atoms with Gasteiger partial charge in [-0.05, 0) is 37.3 Å². The molecule has 0 atom stereocenters. The maximum absolute atomic E-state index is 12.8. The number of nitrogens with zero attached hydrogens (tertiary/aromatic N) is 2. The molecule has 0 saturated carbocycles. The van der Waals surface area contributed by atoms with Gasteiger partial charge in [0.05, 0.1) is 23.7 Å². The van der Waals surface area contributed by atoms with E-state index in [1.165, 1.54) is 22.1 Å². The molecule has 2 saturated heterocycles. The second-order valence-corrected chi connectivity index (χ2v) is 8.66. The molecule has 0 radical (unpaired) electrons.